The van der Waals surface area contributed by atoms with Crippen molar-refractivity contribution in [1.82, 2.24) is 16.0 Å². The molecule has 0 spiro atoms. The van der Waals surface area contributed by atoms with Crippen molar-refractivity contribution in [2.75, 3.05) is 46.1 Å². The lowest BCUT2D eigenvalue weighted by molar-refractivity contribution is -0.173. The molecule has 4 N–H and O–H groups in total. The van der Waals surface area contributed by atoms with Crippen molar-refractivity contribution in [3.05, 3.63) is 30.3 Å². The average Bonchev–Trinajstić information content (AvgIpc) is 2.94. The number of hydrogen-bond acceptors (Lipinski definition) is 9. The second kappa shape index (κ2) is 26.3. The van der Waals surface area contributed by atoms with Crippen molar-refractivity contribution < 1.29 is 68.5 Å². The van der Waals surface area contributed by atoms with E-state index >= 15 is 0 Å². The van der Waals surface area contributed by atoms with Crippen LogP contribution in [0.25, 0.3) is 0 Å². The maximum absolute atomic E-state index is 11.9. The summed E-state index contributed by atoms with van der Waals surface area (Å²) in [6, 6.07) is 9.12. The minimum atomic E-state index is -4.88. The Balaban J connectivity index is 0. The number of aliphatic hydroxyl groups is 1. The number of benzene rings is 1. The molecule has 0 heterocycles. The lowest BCUT2D eigenvalue weighted by Crippen LogP contribution is -2.37. The molecule has 20 heteroatoms. The van der Waals surface area contributed by atoms with Gasteiger partial charge in [-0.3, -0.25) is 18.9 Å². The van der Waals surface area contributed by atoms with Gasteiger partial charge in [-0.25, -0.2) is 0 Å². The minimum Gasteiger partial charge on any atom is -0.396 e. The number of rotatable bonds is 18. The van der Waals surface area contributed by atoms with E-state index in [9.17, 15) is 49.9 Å². The van der Waals surface area contributed by atoms with Gasteiger partial charge in [-0.15, -0.1) is 9.05 Å². The number of nitrogens with one attached hydrogen (secondary N) is 3. The fourth-order valence-electron chi connectivity index (χ4n) is 2.50. The van der Waals surface area contributed by atoms with Crippen molar-refractivity contribution >= 4 is 34.0 Å². The van der Waals surface area contributed by atoms with Crippen LogP contribution in [-0.4, -0.2) is 81.3 Å². The highest BCUT2D eigenvalue weighted by Crippen LogP contribution is 2.24. The predicted molar refractivity (Wildman–Crippen MR) is 152 cm³/mol. The summed E-state index contributed by atoms with van der Waals surface area (Å²) in [7, 11) is -3.80. The van der Waals surface area contributed by atoms with Crippen LogP contribution in [0.2, 0.25) is 0 Å². The number of halogens is 6. The molecule has 2 unspecified atom stereocenters. The van der Waals surface area contributed by atoms with E-state index in [1.54, 1.807) is 22.8 Å². The molecule has 0 radical (unpaired) electrons. The fourth-order valence-corrected chi connectivity index (χ4v) is 3.55. The molecule has 258 valence electrons. The highest BCUT2D eigenvalue weighted by Gasteiger charge is 2.38. The molecule has 45 heavy (non-hydrogen) atoms. The Bertz CT molecular complexity index is 1000. The van der Waals surface area contributed by atoms with Gasteiger partial charge in [-0.05, 0) is 55.2 Å². The topological polar surface area (TPSA) is 169 Å². The number of unbranched alkanes of at least 4 members (excludes halogenated alkanes) is 3. The van der Waals surface area contributed by atoms with Crippen LogP contribution in [0.1, 0.15) is 45.4 Å². The predicted octanol–water partition coefficient (Wildman–Crippen LogP) is 4.93. The first-order valence-electron chi connectivity index (χ1n) is 13.4. The Hall–Kier alpha value is -2.91. The molecule has 2 atom stereocenters. The summed E-state index contributed by atoms with van der Waals surface area (Å²) < 4.78 is 107. The summed E-state index contributed by atoms with van der Waals surface area (Å²) in [4.78, 5) is 31.2. The first-order chi connectivity index (χ1) is 21.0. The zero-order valence-corrected chi connectivity index (χ0v) is 26.5. The summed E-state index contributed by atoms with van der Waals surface area (Å²) in [5.74, 6) is -3.37. The van der Waals surface area contributed by atoms with Crippen LogP contribution in [0, 0.1) is 0 Å². The van der Waals surface area contributed by atoms with E-state index in [0.717, 1.165) is 0 Å². The lowest BCUT2D eigenvalue weighted by atomic mass is 10.3. The summed E-state index contributed by atoms with van der Waals surface area (Å²) in [5.41, 5.74) is 0. The van der Waals surface area contributed by atoms with E-state index < -0.39 is 40.4 Å². The summed E-state index contributed by atoms with van der Waals surface area (Å²) in [6.07, 6.45) is -7.06. The van der Waals surface area contributed by atoms with E-state index in [1.165, 1.54) is 13.6 Å². The van der Waals surface area contributed by atoms with E-state index in [4.69, 9.17) is 18.7 Å². The molecule has 0 aliphatic heterocycles. The Labute approximate surface area is 258 Å². The maximum Gasteiger partial charge on any atom is 0.697 e. The number of aliphatic hydroxyl groups excluding tert-OH is 1. The standard InChI is InChI=1S/C12H20F3N2O5P.C7H8O2P.C6H10F3NO2/c1-10(18)16-6-2-4-8-21-23(20)22-9-5-3-7-17-11(19)12(13,14)15;1-10(8)9-7-5-3-2-4-6-7;7-6(8,9)5(12)10-3-1-2-4-11/h2-9H2,1H3,(H-,16,17,18,19);2-6H,1H3;11H,1-4H2,(H,10,12)/q;+1;/p+1. The molecule has 1 aromatic carbocycles. The molecule has 1 aromatic rings. The van der Waals surface area contributed by atoms with Crippen LogP contribution in [0.3, 0.4) is 0 Å². The van der Waals surface area contributed by atoms with Crippen LogP contribution in [-0.2, 0) is 32.6 Å². The normalized spacial score (nSPS) is 11.5. The van der Waals surface area contributed by atoms with Gasteiger partial charge in [0, 0.05) is 37.7 Å². The summed E-state index contributed by atoms with van der Waals surface area (Å²) >= 11 is 0. The van der Waals surface area contributed by atoms with Gasteiger partial charge in [-0.2, -0.15) is 26.3 Å². The van der Waals surface area contributed by atoms with Gasteiger partial charge in [-0.1, -0.05) is 18.2 Å². The lowest BCUT2D eigenvalue weighted by Gasteiger charge is -2.06. The number of carbonyl (C=O) groups excluding carboxylic acids is 3. The molecule has 0 bridgehead atoms. The maximum atomic E-state index is 11.9. The monoisotopic (exact) mass is 701 g/mol. The van der Waals surface area contributed by atoms with Gasteiger partial charge in [0.25, 0.3) is 0 Å². The van der Waals surface area contributed by atoms with E-state index in [2.05, 4.69) is 5.32 Å². The van der Waals surface area contributed by atoms with Crippen molar-refractivity contribution in [3.63, 3.8) is 0 Å². The van der Waals surface area contributed by atoms with Gasteiger partial charge < -0.3 is 21.1 Å². The molecule has 0 aromatic heterocycles. The van der Waals surface area contributed by atoms with Crippen LogP contribution in [0.15, 0.2) is 30.3 Å². The summed E-state index contributed by atoms with van der Waals surface area (Å²) in [6.45, 7) is 3.46. The molecule has 3 amide bonds. The Morgan fingerprint density at radius 1 is 0.733 bits per heavy atom. The van der Waals surface area contributed by atoms with Crippen molar-refractivity contribution in [2.45, 2.75) is 57.8 Å². The number of hydrogen-bond donors (Lipinski definition) is 4. The van der Waals surface area contributed by atoms with Gasteiger partial charge in [0.05, 0.1) is 0 Å². The summed E-state index contributed by atoms with van der Waals surface area (Å²) in [5, 5.41) is 14.3. The first kappa shape index (κ1) is 44.2. The highest BCUT2D eigenvalue weighted by molar-refractivity contribution is 7.38. The third kappa shape index (κ3) is 30.9. The molecule has 1 rings (SSSR count). The zero-order chi connectivity index (χ0) is 34.7. The molecule has 0 saturated carbocycles. The fraction of sp³-hybridized carbons (Fsp3) is 0.640. The number of amides is 3. The average molecular weight is 702 g/mol. The zero-order valence-electron chi connectivity index (χ0n) is 24.7. The van der Waals surface area contributed by atoms with E-state index in [1.807, 2.05) is 18.2 Å². The van der Waals surface area contributed by atoms with Crippen LogP contribution in [0.5, 0.6) is 5.75 Å². The molecule has 0 fully saturated rings. The SMILES string of the molecule is CC(=O)NCCCCO[P+](=O)OCCCCNC(=O)C(F)(F)F.C[P+](=O)Oc1ccccc1.O=C(NCCCCO)C(F)(F)F. The second-order valence-electron chi connectivity index (χ2n) is 8.57. The van der Waals surface area contributed by atoms with Gasteiger partial charge in [0.15, 0.2) is 12.4 Å². The minimum absolute atomic E-state index is 0.0566. The van der Waals surface area contributed by atoms with Gasteiger partial charge in [0.2, 0.25) is 5.91 Å². The Morgan fingerprint density at radius 2 is 1.16 bits per heavy atom. The molecule has 0 aliphatic rings. The second-order valence-corrected chi connectivity index (χ2v) is 10.6. The van der Waals surface area contributed by atoms with Crippen LogP contribution >= 0.6 is 16.3 Å². The highest BCUT2D eigenvalue weighted by atomic mass is 31.1. The number of para-hydroxylation sites is 1. The third-order valence-corrected chi connectivity index (χ3v) is 5.81. The third-order valence-electron chi connectivity index (χ3n) is 4.56. The first-order valence-corrected chi connectivity index (χ1v) is 16.1. The molecular formula is C25H39F6N3O9P2+2. The quantitative estimate of drug-likeness (QED) is 0.0943. The Kier molecular flexibility index (Phi) is 25.9. The van der Waals surface area contributed by atoms with E-state index in [-0.39, 0.29) is 45.2 Å². The van der Waals surface area contributed by atoms with Crippen molar-refractivity contribution in [3.8, 4) is 5.75 Å². The molecular weight excluding hydrogens is 662 g/mol. The van der Waals surface area contributed by atoms with E-state index in [0.29, 0.717) is 44.4 Å². The molecule has 12 nitrogen and oxygen atoms in total. The molecule has 0 saturated heterocycles. The number of carbonyl (C=O) groups is 3. The van der Waals surface area contributed by atoms with Gasteiger partial charge >= 0.3 is 40.4 Å². The van der Waals surface area contributed by atoms with Crippen molar-refractivity contribution in [2.24, 2.45) is 0 Å². The van der Waals surface area contributed by atoms with Crippen LogP contribution < -0.4 is 20.5 Å². The Morgan fingerprint density at radius 3 is 1.53 bits per heavy atom. The largest absolute Gasteiger partial charge is 0.697 e. The van der Waals surface area contributed by atoms with Crippen molar-refractivity contribution in [1.29, 1.82) is 0 Å². The molecule has 0 aliphatic carbocycles. The number of alkyl halides is 6. The van der Waals surface area contributed by atoms with Crippen LogP contribution in [0.4, 0.5) is 26.3 Å². The van der Waals surface area contributed by atoms with Gasteiger partial charge in [0.1, 0.15) is 13.2 Å². The smallest absolute Gasteiger partial charge is 0.396 e.